The Morgan fingerprint density at radius 1 is 1.19 bits per heavy atom. The zero-order valence-electron chi connectivity index (χ0n) is 15.1. The molecule has 5 rings (SSSR count). The summed E-state index contributed by atoms with van der Waals surface area (Å²) in [5.74, 6) is 0.164. The van der Waals surface area contributed by atoms with Crippen LogP contribution in [0.5, 0.6) is 5.75 Å². The van der Waals surface area contributed by atoms with E-state index < -0.39 is 5.97 Å². The second-order valence-corrected chi connectivity index (χ2v) is 8.69. The summed E-state index contributed by atoms with van der Waals surface area (Å²) in [6.45, 7) is 1.89. The molecule has 1 unspecified atom stereocenters. The number of carbonyl (C=O) groups is 1. The Balaban J connectivity index is 1.30. The fourth-order valence-corrected chi connectivity index (χ4v) is 5.50. The van der Waals surface area contributed by atoms with Gasteiger partial charge in [-0.1, -0.05) is 29.8 Å². The highest BCUT2D eigenvalue weighted by Gasteiger charge is 2.47. The predicted molar refractivity (Wildman–Crippen MR) is 104 cm³/mol. The highest BCUT2D eigenvalue weighted by atomic mass is 35.5. The maximum Gasteiger partial charge on any atom is 0.317 e. The number of hydrogen-bond donors (Lipinski definition) is 1. The molecular weight excluding hydrogens is 362 g/mol. The van der Waals surface area contributed by atoms with Gasteiger partial charge in [-0.15, -0.1) is 0 Å². The number of aryl methyl sites for hydroxylation is 1. The molecule has 0 bridgehead atoms. The third-order valence-electron chi connectivity index (χ3n) is 6.20. The molecule has 0 saturated carbocycles. The molecule has 2 aromatic rings. The van der Waals surface area contributed by atoms with Crippen molar-refractivity contribution in [1.29, 1.82) is 0 Å². The lowest BCUT2D eigenvalue weighted by Gasteiger charge is -2.47. The van der Waals surface area contributed by atoms with E-state index in [0.29, 0.717) is 0 Å². The van der Waals surface area contributed by atoms with Crippen molar-refractivity contribution in [2.75, 3.05) is 19.6 Å². The number of likely N-dealkylation sites (tertiary alicyclic amines) is 1. The maximum absolute atomic E-state index is 10.9. The Kier molecular flexibility index (Phi) is 3.95. The molecule has 140 valence electrons. The van der Waals surface area contributed by atoms with E-state index in [1.165, 1.54) is 16.7 Å². The van der Waals surface area contributed by atoms with Crippen molar-refractivity contribution < 1.29 is 14.6 Å². The van der Waals surface area contributed by atoms with Crippen molar-refractivity contribution in [2.24, 2.45) is 5.41 Å². The first-order valence-electron chi connectivity index (χ1n) is 9.51. The third-order valence-corrected chi connectivity index (χ3v) is 6.53. The Morgan fingerprint density at radius 2 is 2.00 bits per heavy atom. The molecule has 0 amide bonds. The number of halogens is 1. The van der Waals surface area contributed by atoms with Crippen molar-refractivity contribution in [3.63, 3.8) is 0 Å². The van der Waals surface area contributed by atoms with Crippen molar-refractivity contribution >= 4 is 17.6 Å². The number of carboxylic acids is 1. The summed E-state index contributed by atoms with van der Waals surface area (Å²) < 4.78 is 6.33. The Hall–Kier alpha value is -2.04. The lowest BCUT2D eigenvalue weighted by atomic mass is 9.77. The van der Waals surface area contributed by atoms with Crippen LogP contribution in [0.15, 0.2) is 36.4 Å². The van der Waals surface area contributed by atoms with Crippen LogP contribution in [-0.4, -0.2) is 35.6 Å². The molecule has 1 heterocycles. The number of aliphatic carboxylic acids is 1. The van der Waals surface area contributed by atoms with Gasteiger partial charge in [-0.25, -0.2) is 0 Å². The van der Waals surface area contributed by atoms with Gasteiger partial charge in [0.05, 0.1) is 6.54 Å². The Bertz CT molecular complexity index is 920. The second kappa shape index (κ2) is 6.25. The first-order chi connectivity index (χ1) is 13.0. The SMILES string of the molecule is O=C(O)CN1CC2(Cc3ccc(OC4CCc5cccc(Cl)c54)cc3C2)C1. The van der Waals surface area contributed by atoms with Crippen LogP contribution in [0.25, 0.3) is 0 Å². The molecule has 4 nitrogen and oxygen atoms in total. The molecule has 1 atom stereocenters. The number of fused-ring (bicyclic) bond motifs is 2. The van der Waals surface area contributed by atoms with Gasteiger partial charge in [0.15, 0.2) is 0 Å². The molecule has 0 radical (unpaired) electrons. The highest BCUT2D eigenvalue weighted by Crippen LogP contribution is 2.45. The van der Waals surface area contributed by atoms with Crippen LogP contribution in [0.3, 0.4) is 0 Å². The number of carboxylic acid groups (broad SMARTS) is 1. The monoisotopic (exact) mass is 383 g/mol. The lowest BCUT2D eigenvalue weighted by molar-refractivity contribution is -0.141. The maximum atomic E-state index is 10.9. The number of rotatable bonds is 4. The van der Waals surface area contributed by atoms with Gasteiger partial charge in [0, 0.05) is 29.1 Å². The van der Waals surface area contributed by atoms with E-state index in [-0.39, 0.29) is 18.1 Å². The fourth-order valence-electron chi connectivity index (χ4n) is 5.19. The molecule has 5 heteroatoms. The predicted octanol–water partition coefficient (Wildman–Crippen LogP) is 3.89. The Labute approximate surface area is 163 Å². The van der Waals surface area contributed by atoms with Crippen LogP contribution in [0, 0.1) is 5.41 Å². The average Bonchev–Trinajstić information content (AvgIpc) is 3.16. The first-order valence-corrected chi connectivity index (χ1v) is 9.89. The minimum atomic E-state index is -0.744. The highest BCUT2D eigenvalue weighted by molar-refractivity contribution is 6.31. The lowest BCUT2D eigenvalue weighted by Crippen LogP contribution is -2.58. The summed E-state index contributed by atoms with van der Waals surface area (Å²) >= 11 is 6.41. The number of hydrogen-bond acceptors (Lipinski definition) is 3. The van der Waals surface area contributed by atoms with Gasteiger partial charge in [-0.3, -0.25) is 9.69 Å². The van der Waals surface area contributed by atoms with Crippen LogP contribution in [0.2, 0.25) is 5.02 Å². The van der Waals surface area contributed by atoms with E-state index in [1.54, 1.807) is 0 Å². The minimum Gasteiger partial charge on any atom is -0.486 e. The quantitative estimate of drug-likeness (QED) is 0.870. The molecule has 27 heavy (non-hydrogen) atoms. The minimum absolute atomic E-state index is 0.0249. The molecule has 0 aromatic heterocycles. The number of nitrogens with zero attached hydrogens (tertiary/aromatic N) is 1. The summed E-state index contributed by atoms with van der Waals surface area (Å²) in [4.78, 5) is 12.9. The smallest absolute Gasteiger partial charge is 0.317 e. The average molecular weight is 384 g/mol. The summed E-state index contributed by atoms with van der Waals surface area (Å²) in [6, 6.07) is 12.5. The molecular formula is C22H22ClNO3. The van der Waals surface area contributed by atoms with Gasteiger partial charge in [0.1, 0.15) is 11.9 Å². The van der Waals surface area contributed by atoms with Crippen molar-refractivity contribution in [1.82, 2.24) is 4.90 Å². The van der Waals surface area contributed by atoms with Crippen molar-refractivity contribution in [3.05, 3.63) is 63.7 Å². The summed E-state index contributed by atoms with van der Waals surface area (Å²) in [5, 5.41) is 9.74. The van der Waals surface area contributed by atoms with Gasteiger partial charge in [-0.2, -0.15) is 0 Å². The van der Waals surface area contributed by atoms with Gasteiger partial charge < -0.3 is 9.84 Å². The zero-order chi connectivity index (χ0) is 18.6. The topological polar surface area (TPSA) is 49.8 Å². The van der Waals surface area contributed by atoms with E-state index in [1.807, 2.05) is 17.0 Å². The van der Waals surface area contributed by atoms with E-state index in [4.69, 9.17) is 21.4 Å². The largest absolute Gasteiger partial charge is 0.486 e. The number of ether oxygens (including phenoxy) is 1. The van der Waals surface area contributed by atoms with Gasteiger partial charge in [0.2, 0.25) is 0 Å². The molecule has 3 aliphatic rings. The number of benzene rings is 2. The molecule has 1 fully saturated rings. The molecule has 2 aromatic carbocycles. The fraction of sp³-hybridized carbons (Fsp3) is 0.409. The van der Waals surface area contributed by atoms with E-state index in [0.717, 1.165) is 55.1 Å². The van der Waals surface area contributed by atoms with Crippen LogP contribution in [0.4, 0.5) is 0 Å². The summed E-state index contributed by atoms with van der Waals surface area (Å²) in [7, 11) is 0. The van der Waals surface area contributed by atoms with Crippen molar-refractivity contribution in [2.45, 2.75) is 31.8 Å². The van der Waals surface area contributed by atoms with E-state index >= 15 is 0 Å². The summed E-state index contributed by atoms with van der Waals surface area (Å²) in [5.41, 5.74) is 5.38. The second-order valence-electron chi connectivity index (χ2n) is 8.28. The van der Waals surface area contributed by atoms with Crippen molar-refractivity contribution in [3.8, 4) is 5.75 Å². The van der Waals surface area contributed by atoms with Crippen LogP contribution < -0.4 is 4.74 Å². The molecule has 1 saturated heterocycles. The molecule has 1 aliphatic heterocycles. The summed E-state index contributed by atoms with van der Waals surface area (Å²) in [6.07, 6.45) is 4.05. The standard InChI is InChI=1S/C22H22ClNO3/c23-18-3-1-2-14-5-7-19(21(14)18)27-17-6-4-15-9-22(10-16(15)8-17)12-24(13-22)11-20(25)26/h1-4,6,8,19H,5,7,9-13H2,(H,25,26). The molecule has 1 spiro atoms. The Morgan fingerprint density at radius 3 is 2.81 bits per heavy atom. The third kappa shape index (κ3) is 3.01. The van der Waals surface area contributed by atoms with Crippen LogP contribution in [-0.2, 0) is 24.1 Å². The molecule has 1 N–H and O–H groups in total. The first kappa shape index (κ1) is 17.1. The zero-order valence-corrected chi connectivity index (χ0v) is 15.8. The van der Waals surface area contributed by atoms with E-state index in [9.17, 15) is 4.79 Å². The normalized spacial score (nSPS) is 22.3. The molecule has 2 aliphatic carbocycles. The van der Waals surface area contributed by atoms with Crippen LogP contribution in [0.1, 0.15) is 34.8 Å². The van der Waals surface area contributed by atoms with Gasteiger partial charge in [0.25, 0.3) is 0 Å². The van der Waals surface area contributed by atoms with Gasteiger partial charge >= 0.3 is 5.97 Å². The van der Waals surface area contributed by atoms with Gasteiger partial charge in [-0.05, 0) is 60.6 Å². The van der Waals surface area contributed by atoms with Crippen LogP contribution >= 0.6 is 11.6 Å². The van der Waals surface area contributed by atoms with E-state index in [2.05, 4.69) is 24.3 Å².